The zero-order valence-corrected chi connectivity index (χ0v) is 12.6. The number of aromatic nitrogens is 1. The molecule has 114 valence electrons. The van der Waals surface area contributed by atoms with Gasteiger partial charge in [-0.25, -0.2) is 0 Å². The molecule has 2 fully saturated rings. The fourth-order valence-electron chi connectivity index (χ4n) is 3.34. The number of pyridine rings is 1. The first-order chi connectivity index (χ1) is 10.7. The molecule has 6 heteroatoms. The summed E-state index contributed by atoms with van der Waals surface area (Å²) in [4.78, 5) is 16.5. The average molecular weight is 318 g/mol. The minimum absolute atomic E-state index is 0.167. The Morgan fingerprint density at radius 2 is 2.23 bits per heavy atom. The van der Waals surface area contributed by atoms with Gasteiger partial charge in [-0.1, -0.05) is 11.6 Å². The fourth-order valence-corrected chi connectivity index (χ4v) is 3.45. The van der Waals surface area contributed by atoms with Crippen molar-refractivity contribution in [2.24, 2.45) is 0 Å². The Morgan fingerprint density at radius 3 is 2.91 bits per heavy atom. The number of nitrogens with one attached hydrogen (secondary N) is 2. The third-order valence-electron chi connectivity index (χ3n) is 4.43. The van der Waals surface area contributed by atoms with Crippen LogP contribution in [0.25, 0.3) is 11.5 Å². The lowest BCUT2D eigenvalue weighted by molar-refractivity contribution is 0.0903. The number of carbonyl (C=O) groups excluding carboxylic acids is 1. The lowest BCUT2D eigenvalue weighted by Gasteiger charge is -2.20. The topological polar surface area (TPSA) is 67.2 Å². The molecule has 2 aromatic heterocycles. The van der Waals surface area contributed by atoms with Crippen LogP contribution in [0.5, 0.6) is 0 Å². The zero-order chi connectivity index (χ0) is 15.1. The van der Waals surface area contributed by atoms with E-state index < -0.39 is 0 Å². The molecule has 4 heterocycles. The molecule has 0 aliphatic carbocycles. The molecule has 0 saturated carbocycles. The monoisotopic (exact) mass is 317 g/mol. The third-order valence-corrected chi connectivity index (χ3v) is 4.65. The van der Waals surface area contributed by atoms with E-state index in [1.807, 2.05) is 0 Å². The van der Waals surface area contributed by atoms with E-state index in [1.54, 1.807) is 30.5 Å². The molecule has 0 spiro atoms. The van der Waals surface area contributed by atoms with Gasteiger partial charge in [-0.05, 0) is 43.5 Å². The van der Waals surface area contributed by atoms with Crippen molar-refractivity contribution in [2.75, 3.05) is 0 Å². The van der Waals surface area contributed by atoms with Gasteiger partial charge in [0.15, 0.2) is 11.5 Å². The van der Waals surface area contributed by atoms with Crippen LogP contribution in [-0.2, 0) is 0 Å². The third kappa shape index (κ3) is 2.51. The van der Waals surface area contributed by atoms with Crippen molar-refractivity contribution in [3.05, 3.63) is 41.2 Å². The van der Waals surface area contributed by atoms with Crippen LogP contribution < -0.4 is 10.6 Å². The quantitative estimate of drug-likeness (QED) is 0.913. The van der Waals surface area contributed by atoms with Crippen LogP contribution in [0, 0.1) is 0 Å². The first-order valence-electron chi connectivity index (χ1n) is 7.48. The zero-order valence-electron chi connectivity index (χ0n) is 11.9. The van der Waals surface area contributed by atoms with Crippen LogP contribution in [0.3, 0.4) is 0 Å². The van der Waals surface area contributed by atoms with Gasteiger partial charge in [0.25, 0.3) is 5.91 Å². The molecule has 2 bridgehead atoms. The lowest BCUT2D eigenvalue weighted by atomic mass is 9.95. The summed E-state index contributed by atoms with van der Waals surface area (Å²) in [5.41, 5.74) is 0.657. The Morgan fingerprint density at radius 1 is 1.32 bits per heavy atom. The number of rotatable bonds is 3. The molecular formula is C16H16ClN3O2. The lowest BCUT2D eigenvalue weighted by Crippen LogP contribution is -2.42. The second-order valence-electron chi connectivity index (χ2n) is 5.89. The van der Waals surface area contributed by atoms with Gasteiger partial charge in [-0.3, -0.25) is 9.78 Å². The summed E-state index contributed by atoms with van der Waals surface area (Å²) < 4.78 is 5.62. The number of furan rings is 1. The predicted molar refractivity (Wildman–Crippen MR) is 82.8 cm³/mol. The van der Waals surface area contributed by atoms with Gasteiger partial charge >= 0.3 is 0 Å². The van der Waals surface area contributed by atoms with Gasteiger partial charge < -0.3 is 15.1 Å². The maximum absolute atomic E-state index is 12.3. The molecule has 5 nitrogen and oxygen atoms in total. The van der Waals surface area contributed by atoms with Gasteiger partial charge in [-0.2, -0.15) is 0 Å². The van der Waals surface area contributed by atoms with Crippen molar-refractivity contribution in [1.29, 1.82) is 0 Å². The molecule has 2 aliphatic heterocycles. The van der Waals surface area contributed by atoms with E-state index >= 15 is 0 Å². The first-order valence-corrected chi connectivity index (χ1v) is 7.85. The molecule has 22 heavy (non-hydrogen) atoms. The standard InChI is InChI=1S/C16H16ClN3O2/c17-9-1-3-12(18-8-9)14-5-6-15(22-14)16(21)20-13-7-10-2-4-11(13)19-10/h1,3,5-6,8,10-11,13,19H,2,4,7H2,(H,20,21)/t10-,11-,13+/m0/s1. The largest absolute Gasteiger partial charge is 0.449 e. The van der Waals surface area contributed by atoms with E-state index in [-0.39, 0.29) is 11.9 Å². The van der Waals surface area contributed by atoms with E-state index in [0.29, 0.717) is 34.3 Å². The van der Waals surface area contributed by atoms with Crippen molar-refractivity contribution in [3.63, 3.8) is 0 Å². The van der Waals surface area contributed by atoms with E-state index in [9.17, 15) is 4.79 Å². The fraction of sp³-hybridized carbons (Fsp3) is 0.375. The van der Waals surface area contributed by atoms with Crippen molar-refractivity contribution < 1.29 is 9.21 Å². The Kier molecular flexibility index (Phi) is 3.39. The van der Waals surface area contributed by atoms with Crippen LogP contribution in [0.2, 0.25) is 5.02 Å². The van der Waals surface area contributed by atoms with Gasteiger partial charge in [0.05, 0.1) is 5.02 Å². The number of amides is 1. The van der Waals surface area contributed by atoms with Gasteiger partial charge in [0.2, 0.25) is 0 Å². The molecule has 0 unspecified atom stereocenters. The van der Waals surface area contributed by atoms with E-state index in [0.717, 1.165) is 12.8 Å². The summed E-state index contributed by atoms with van der Waals surface area (Å²) in [6.45, 7) is 0. The first kappa shape index (κ1) is 13.8. The number of nitrogens with zero attached hydrogens (tertiary/aromatic N) is 1. The van der Waals surface area contributed by atoms with E-state index in [1.165, 1.54) is 6.42 Å². The highest BCUT2D eigenvalue weighted by Crippen LogP contribution is 2.28. The van der Waals surface area contributed by atoms with Crippen molar-refractivity contribution in [2.45, 2.75) is 37.4 Å². The Bertz CT molecular complexity index is 698. The van der Waals surface area contributed by atoms with Crippen LogP contribution in [0.1, 0.15) is 29.8 Å². The SMILES string of the molecule is O=C(N[C@@H]1C[C@@H]2CC[C@@H]1N2)c1ccc(-c2ccc(Cl)cn2)o1. The minimum atomic E-state index is -0.167. The van der Waals surface area contributed by atoms with Gasteiger partial charge in [-0.15, -0.1) is 0 Å². The summed E-state index contributed by atoms with van der Waals surface area (Å²) in [6.07, 6.45) is 4.90. The predicted octanol–water partition coefficient (Wildman–Crippen LogP) is 2.62. The van der Waals surface area contributed by atoms with E-state index in [4.69, 9.17) is 16.0 Å². The highest BCUT2D eigenvalue weighted by molar-refractivity contribution is 6.30. The van der Waals surface area contributed by atoms with Crippen molar-refractivity contribution in [3.8, 4) is 11.5 Å². The molecule has 3 atom stereocenters. The Balaban J connectivity index is 1.46. The summed E-state index contributed by atoms with van der Waals surface area (Å²) in [5.74, 6) is 0.710. The molecule has 0 radical (unpaired) electrons. The number of fused-ring (bicyclic) bond motifs is 2. The van der Waals surface area contributed by atoms with Crippen LogP contribution >= 0.6 is 11.6 Å². The molecular weight excluding hydrogens is 302 g/mol. The highest BCUT2D eigenvalue weighted by atomic mass is 35.5. The number of carbonyl (C=O) groups is 1. The highest BCUT2D eigenvalue weighted by Gasteiger charge is 2.39. The normalized spacial score (nSPS) is 26.3. The molecule has 2 N–H and O–H groups in total. The van der Waals surface area contributed by atoms with Crippen LogP contribution in [-0.4, -0.2) is 29.0 Å². The number of hydrogen-bond acceptors (Lipinski definition) is 4. The van der Waals surface area contributed by atoms with Crippen molar-refractivity contribution in [1.82, 2.24) is 15.6 Å². The minimum Gasteiger partial charge on any atom is -0.449 e. The second kappa shape index (κ2) is 5.41. The molecule has 2 aliphatic rings. The Hall–Kier alpha value is -1.85. The Labute approximate surface area is 133 Å². The molecule has 0 aromatic carbocycles. The van der Waals surface area contributed by atoms with Crippen molar-refractivity contribution >= 4 is 17.5 Å². The summed E-state index contributed by atoms with van der Waals surface area (Å²) >= 11 is 5.82. The maximum Gasteiger partial charge on any atom is 0.287 e. The summed E-state index contributed by atoms with van der Waals surface area (Å²) in [5, 5.41) is 7.13. The van der Waals surface area contributed by atoms with Gasteiger partial charge in [0, 0.05) is 24.3 Å². The average Bonchev–Trinajstić information content (AvgIpc) is 3.24. The maximum atomic E-state index is 12.3. The molecule has 2 aromatic rings. The summed E-state index contributed by atoms with van der Waals surface area (Å²) in [6, 6.07) is 8.11. The second-order valence-corrected chi connectivity index (χ2v) is 6.33. The molecule has 1 amide bonds. The number of hydrogen-bond donors (Lipinski definition) is 2. The smallest absolute Gasteiger partial charge is 0.287 e. The van der Waals surface area contributed by atoms with E-state index in [2.05, 4.69) is 15.6 Å². The number of halogens is 1. The molecule has 2 saturated heterocycles. The van der Waals surface area contributed by atoms with Crippen LogP contribution in [0.4, 0.5) is 0 Å². The molecule has 4 rings (SSSR count). The van der Waals surface area contributed by atoms with Gasteiger partial charge in [0.1, 0.15) is 5.69 Å². The summed E-state index contributed by atoms with van der Waals surface area (Å²) in [7, 11) is 0. The van der Waals surface area contributed by atoms with Crippen LogP contribution in [0.15, 0.2) is 34.9 Å².